The van der Waals surface area contributed by atoms with Crippen molar-refractivity contribution in [2.45, 2.75) is 44.6 Å². The minimum atomic E-state index is -0.0598. The van der Waals surface area contributed by atoms with E-state index in [2.05, 4.69) is 11.9 Å². The van der Waals surface area contributed by atoms with Crippen LogP contribution >= 0.6 is 0 Å². The minimum absolute atomic E-state index is 0.00335. The fraction of sp³-hybridized carbons (Fsp3) is 0.800. The van der Waals surface area contributed by atoms with E-state index in [1.807, 2.05) is 0 Å². The third-order valence-corrected chi connectivity index (χ3v) is 4.34. The lowest BCUT2D eigenvalue weighted by molar-refractivity contribution is 0.172. The number of rotatable bonds is 6. The molecule has 2 fully saturated rings. The summed E-state index contributed by atoms with van der Waals surface area (Å²) in [6, 6.07) is 0.258. The topological polar surface area (TPSA) is 52.6 Å². The molecule has 19 heavy (non-hydrogen) atoms. The molecule has 4 nitrogen and oxygen atoms in total. The molecular formula is C15H26N2O2. The standard InChI is InChI=1S/C15H26N2O2/c1-2-8-17(9-10-18)15(19)16-14-5-3-4-13(11-14)12-6-7-12/h2,12-14,18H,1,3-11H2,(H,16,19). The first-order chi connectivity index (χ1) is 9.24. The van der Waals surface area contributed by atoms with E-state index in [1.54, 1.807) is 11.0 Å². The molecule has 2 rings (SSSR count). The first-order valence-corrected chi connectivity index (χ1v) is 7.51. The second kappa shape index (κ2) is 6.94. The molecule has 2 saturated carbocycles. The van der Waals surface area contributed by atoms with Gasteiger partial charge in [-0.05, 0) is 37.5 Å². The molecule has 0 saturated heterocycles. The van der Waals surface area contributed by atoms with Crippen LogP contribution in [0.3, 0.4) is 0 Å². The Hall–Kier alpha value is -1.03. The highest BCUT2D eigenvalue weighted by Crippen LogP contribution is 2.43. The minimum Gasteiger partial charge on any atom is -0.395 e. The van der Waals surface area contributed by atoms with Crippen molar-refractivity contribution in [1.29, 1.82) is 0 Å². The van der Waals surface area contributed by atoms with Gasteiger partial charge in [-0.15, -0.1) is 6.58 Å². The zero-order valence-corrected chi connectivity index (χ0v) is 11.7. The quantitative estimate of drug-likeness (QED) is 0.724. The summed E-state index contributed by atoms with van der Waals surface area (Å²) in [7, 11) is 0. The SMILES string of the molecule is C=CCN(CCO)C(=O)NC1CCCC(C2CC2)C1. The number of hydrogen-bond donors (Lipinski definition) is 2. The predicted octanol–water partition coefficient (Wildman–Crippen LogP) is 2.15. The van der Waals surface area contributed by atoms with Crippen LogP contribution in [0.1, 0.15) is 38.5 Å². The van der Waals surface area contributed by atoms with Crippen LogP contribution in [0, 0.1) is 11.8 Å². The van der Waals surface area contributed by atoms with E-state index in [9.17, 15) is 4.79 Å². The summed E-state index contributed by atoms with van der Waals surface area (Å²) in [4.78, 5) is 13.8. The molecule has 0 aromatic rings. The molecule has 0 radical (unpaired) electrons. The summed E-state index contributed by atoms with van der Waals surface area (Å²) in [5.41, 5.74) is 0. The fourth-order valence-corrected chi connectivity index (χ4v) is 3.17. The molecule has 0 bridgehead atoms. The molecule has 2 N–H and O–H groups in total. The number of nitrogens with zero attached hydrogens (tertiary/aromatic N) is 1. The third-order valence-electron chi connectivity index (χ3n) is 4.34. The Morgan fingerprint density at radius 3 is 2.74 bits per heavy atom. The Balaban J connectivity index is 1.80. The first-order valence-electron chi connectivity index (χ1n) is 7.51. The van der Waals surface area contributed by atoms with E-state index in [1.165, 1.54) is 25.7 Å². The van der Waals surface area contributed by atoms with Gasteiger partial charge in [0.2, 0.25) is 0 Å². The van der Waals surface area contributed by atoms with Crippen molar-refractivity contribution < 1.29 is 9.90 Å². The number of hydrogen-bond acceptors (Lipinski definition) is 2. The molecular weight excluding hydrogens is 240 g/mol. The van der Waals surface area contributed by atoms with E-state index in [-0.39, 0.29) is 12.6 Å². The third kappa shape index (κ3) is 4.23. The largest absolute Gasteiger partial charge is 0.395 e. The Morgan fingerprint density at radius 2 is 2.11 bits per heavy atom. The molecule has 2 unspecified atom stereocenters. The van der Waals surface area contributed by atoms with Crippen molar-refractivity contribution in [3.63, 3.8) is 0 Å². The highest BCUT2D eigenvalue weighted by molar-refractivity contribution is 5.74. The number of nitrogens with one attached hydrogen (secondary N) is 1. The van der Waals surface area contributed by atoms with Crippen LogP contribution < -0.4 is 5.32 Å². The van der Waals surface area contributed by atoms with Gasteiger partial charge in [-0.3, -0.25) is 0 Å². The van der Waals surface area contributed by atoms with Gasteiger partial charge < -0.3 is 15.3 Å². The van der Waals surface area contributed by atoms with Crippen LogP contribution in [-0.2, 0) is 0 Å². The summed E-state index contributed by atoms with van der Waals surface area (Å²) >= 11 is 0. The molecule has 2 aliphatic rings. The monoisotopic (exact) mass is 266 g/mol. The summed E-state index contributed by atoms with van der Waals surface area (Å²) in [5, 5.41) is 12.1. The van der Waals surface area contributed by atoms with Gasteiger partial charge in [0, 0.05) is 19.1 Å². The van der Waals surface area contributed by atoms with Crippen LogP contribution in [-0.4, -0.2) is 41.8 Å². The zero-order valence-electron chi connectivity index (χ0n) is 11.7. The lowest BCUT2D eigenvalue weighted by atomic mass is 9.83. The van der Waals surface area contributed by atoms with Gasteiger partial charge in [0.1, 0.15) is 0 Å². The summed E-state index contributed by atoms with van der Waals surface area (Å²) in [5.74, 6) is 1.76. The zero-order chi connectivity index (χ0) is 13.7. The number of aliphatic hydroxyl groups is 1. The summed E-state index contributed by atoms with van der Waals surface area (Å²) in [6.45, 7) is 4.51. The van der Waals surface area contributed by atoms with Gasteiger partial charge in [-0.25, -0.2) is 4.79 Å². The van der Waals surface area contributed by atoms with Crippen LogP contribution in [0.4, 0.5) is 4.79 Å². The Labute approximate surface area is 115 Å². The van der Waals surface area contributed by atoms with E-state index < -0.39 is 0 Å². The highest BCUT2D eigenvalue weighted by atomic mass is 16.3. The van der Waals surface area contributed by atoms with Crippen LogP contribution in [0.15, 0.2) is 12.7 Å². The van der Waals surface area contributed by atoms with Gasteiger partial charge in [-0.2, -0.15) is 0 Å². The van der Waals surface area contributed by atoms with Gasteiger partial charge in [0.15, 0.2) is 0 Å². The molecule has 4 heteroatoms. The summed E-state index contributed by atoms with van der Waals surface area (Å²) < 4.78 is 0. The maximum atomic E-state index is 12.1. The maximum Gasteiger partial charge on any atom is 0.317 e. The smallest absolute Gasteiger partial charge is 0.317 e. The Bertz CT molecular complexity index is 315. The normalized spacial score (nSPS) is 26.8. The van der Waals surface area contributed by atoms with E-state index in [0.29, 0.717) is 19.1 Å². The van der Waals surface area contributed by atoms with Crippen molar-refractivity contribution >= 4 is 6.03 Å². The maximum absolute atomic E-state index is 12.1. The molecule has 108 valence electrons. The Kier molecular flexibility index (Phi) is 5.25. The van der Waals surface area contributed by atoms with Gasteiger partial charge in [0.05, 0.1) is 6.61 Å². The number of urea groups is 1. The van der Waals surface area contributed by atoms with Gasteiger partial charge in [-0.1, -0.05) is 18.9 Å². The Morgan fingerprint density at radius 1 is 1.32 bits per heavy atom. The lowest BCUT2D eigenvalue weighted by Gasteiger charge is -2.31. The molecule has 2 aliphatic carbocycles. The summed E-state index contributed by atoms with van der Waals surface area (Å²) in [6.07, 6.45) is 9.27. The molecule has 0 aromatic carbocycles. The van der Waals surface area contributed by atoms with Crippen molar-refractivity contribution in [2.24, 2.45) is 11.8 Å². The van der Waals surface area contributed by atoms with E-state index in [4.69, 9.17) is 5.11 Å². The molecule has 0 spiro atoms. The molecule has 2 amide bonds. The highest BCUT2D eigenvalue weighted by Gasteiger charge is 2.35. The lowest BCUT2D eigenvalue weighted by Crippen LogP contribution is -2.47. The van der Waals surface area contributed by atoms with Gasteiger partial charge in [0.25, 0.3) is 0 Å². The fourth-order valence-electron chi connectivity index (χ4n) is 3.17. The van der Waals surface area contributed by atoms with Crippen LogP contribution in [0.2, 0.25) is 0 Å². The molecule has 2 atom stereocenters. The number of carbonyl (C=O) groups is 1. The predicted molar refractivity (Wildman–Crippen MR) is 75.9 cm³/mol. The van der Waals surface area contributed by atoms with Crippen LogP contribution in [0.25, 0.3) is 0 Å². The molecule has 0 aromatic heterocycles. The van der Waals surface area contributed by atoms with Gasteiger partial charge >= 0.3 is 6.03 Å². The van der Waals surface area contributed by atoms with E-state index in [0.717, 1.165) is 24.7 Å². The number of carbonyl (C=O) groups excluding carboxylic acids is 1. The van der Waals surface area contributed by atoms with E-state index >= 15 is 0 Å². The van der Waals surface area contributed by atoms with Crippen molar-refractivity contribution in [2.75, 3.05) is 19.7 Å². The first kappa shape index (κ1) is 14.4. The van der Waals surface area contributed by atoms with Crippen molar-refractivity contribution in [3.05, 3.63) is 12.7 Å². The molecule has 0 heterocycles. The van der Waals surface area contributed by atoms with Crippen LogP contribution in [0.5, 0.6) is 0 Å². The van der Waals surface area contributed by atoms with Crippen molar-refractivity contribution in [3.8, 4) is 0 Å². The molecule has 0 aliphatic heterocycles. The second-order valence-corrected chi connectivity index (χ2v) is 5.87. The average Bonchev–Trinajstić information content (AvgIpc) is 3.23. The number of aliphatic hydroxyl groups excluding tert-OH is 1. The van der Waals surface area contributed by atoms with Crippen molar-refractivity contribution in [1.82, 2.24) is 10.2 Å². The average molecular weight is 266 g/mol. The second-order valence-electron chi connectivity index (χ2n) is 5.87. The number of amides is 2.